The lowest BCUT2D eigenvalue weighted by atomic mass is 9.94. The Kier molecular flexibility index (Phi) is 32.3. The van der Waals surface area contributed by atoms with Crippen LogP contribution < -0.4 is 5.32 Å². The van der Waals surface area contributed by atoms with E-state index in [9.17, 15) is 40.8 Å². The normalized spacial score (nSPS) is 44.3. The number of nitro groups is 1. The van der Waals surface area contributed by atoms with Crippen molar-refractivity contribution in [3.05, 3.63) is 33.9 Å². The van der Waals surface area contributed by atoms with Crippen molar-refractivity contribution in [3.8, 4) is 0 Å². The summed E-state index contributed by atoms with van der Waals surface area (Å²) in [7, 11) is 20.7. The maximum atomic E-state index is 12.2. The van der Waals surface area contributed by atoms with Crippen molar-refractivity contribution < 1.29 is 173 Å². The van der Waals surface area contributed by atoms with Gasteiger partial charge in [0.2, 0.25) is 0 Å². The van der Waals surface area contributed by atoms with Gasteiger partial charge in [0.05, 0.1) is 57.8 Å². The van der Waals surface area contributed by atoms with E-state index < -0.39 is 260 Å². The summed E-state index contributed by atoms with van der Waals surface area (Å²) in [5.74, 6) is 0. The highest BCUT2D eigenvalue weighted by atomic mass is 16.8. The predicted octanol–water partition coefficient (Wildman–Crippen LogP) is -3.90. The van der Waals surface area contributed by atoms with Crippen molar-refractivity contribution in [2.24, 2.45) is 0 Å². The monoisotopic (exact) mass is 1490 g/mol. The first-order chi connectivity index (χ1) is 50.0. The van der Waals surface area contributed by atoms with Gasteiger partial charge in [-0.3, -0.25) is 10.1 Å². The number of nitro benzene ring substituents is 1. The minimum Gasteiger partial charge on any atom is -0.394 e. The molecule has 35 atom stereocenters. The fourth-order valence-corrected chi connectivity index (χ4v) is 15.1. The van der Waals surface area contributed by atoms with Crippen LogP contribution >= 0.6 is 0 Å². The molecule has 21 heterocycles. The topological polar surface area (TPSA) is 444 Å². The van der Waals surface area contributed by atoms with Gasteiger partial charge in [0.1, 0.15) is 177 Å². The molecule has 21 aliphatic rings. The summed E-state index contributed by atoms with van der Waals surface area (Å²) in [4.78, 5) is 11.6. The fourth-order valence-electron chi connectivity index (χ4n) is 15.1. The summed E-state index contributed by atoms with van der Waals surface area (Å²) in [6.07, 6.45) is -44.9. The van der Waals surface area contributed by atoms with Crippen LogP contribution in [0.25, 0.3) is 0 Å². The fraction of sp³-hybridized carbons (Fsp3) is 0.906. The van der Waals surface area contributed by atoms with Crippen molar-refractivity contribution >= 4 is 11.4 Å². The second-order valence-electron chi connectivity index (χ2n) is 25.3. The molecule has 0 amide bonds. The third-order valence-corrected chi connectivity index (χ3v) is 20.1. The average molecular weight is 1500 g/mol. The largest absolute Gasteiger partial charge is 0.394 e. The highest BCUT2D eigenvalue weighted by Gasteiger charge is 2.62. The molecule has 1 aromatic rings. The molecular formula is C64H106N2O37. The molecule has 39 nitrogen and oxygen atoms in total. The van der Waals surface area contributed by atoms with Crippen molar-refractivity contribution in [1.29, 1.82) is 0 Å². The zero-order valence-electron chi connectivity index (χ0n) is 60.4. The maximum absolute atomic E-state index is 12.2. The first-order valence-corrected chi connectivity index (χ1v) is 33.7. The quantitative estimate of drug-likeness (QED) is 0.0344. The number of anilines is 1. The summed E-state index contributed by atoms with van der Waals surface area (Å²) in [6, 6.07) is 4.55. The van der Waals surface area contributed by atoms with E-state index in [0.717, 1.165) is 0 Å². The number of hydrogen-bond acceptors (Lipinski definition) is 38. The van der Waals surface area contributed by atoms with E-state index >= 15 is 0 Å². The van der Waals surface area contributed by atoms with Gasteiger partial charge in [0.25, 0.3) is 5.69 Å². The first kappa shape index (κ1) is 84.0. The highest BCUT2D eigenvalue weighted by Crippen LogP contribution is 2.43. The van der Waals surface area contributed by atoms with Crippen LogP contribution in [0.3, 0.4) is 0 Å². The van der Waals surface area contributed by atoms with Crippen LogP contribution in [0, 0.1) is 10.1 Å². The molecule has 21 saturated heterocycles. The lowest BCUT2D eigenvalue weighted by Crippen LogP contribution is -2.69. The predicted molar refractivity (Wildman–Crippen MR) is 341 cm³/mol. The Bertz CT molecular complexity index is 2660. The molecule has 594 valence electrons. The highest BCUT2D eigenvalue weighted by molar-refractivity contribution is 5.62. The Morgan fingerprint density at radius 3 is 0.718 bits per heavy atom. The minimum atomic E-state index is -1.48. The molecule has 0 aliphatic carbocycles. The Morgan fingerprint density at radius 1 is 0.330 bits per heavy atom. The Morgan fingerprint density at radius 2 is 0.534 bits per heavy atom. The molecule has 22 rings (SSSR count). The van der Waals surface area contributed by atoms with Crippen molar-refractivity contribution in [3.63, 3.8) is 0 Å². The molecule has 21 aliphatic heterocycles. The second-order valence-corrected chi connectivity index (χ2v) is 25.3. The molecule has 0 saturated carbocycles. The summed E-state index contributed by atoms with van der Waals surface area (Å²) in [5, 5.41) is 82.4. The number of nitrogens with zero attached hydrogens (tertiary/aromatic N) is 1. The van der Waals surface area contributed by atoms with Crippen LogP contribution in [0.4, 0.5) is 11.4 Å². The van der Waals surface area contributed by atoms with E-state index in [-0.39, 0.29) is 24.6 Å². The third-order valence-electron chi connectivity index (χ3n) is 20.1. The molecule has 0 aromatic heterocycles. The molecule has 14 bridgehead atoms. The molecule has 7 N–H and O–H groups in total. The summed E-state index contributed by atoms with van der Waals surface area (Å²) in [6.45, 7) is -4.85. The summed E-state index contributed by atoms with van der Waals surface area (Å²) in [5.41, 5.74) is 0.475. The van der Waals surface area contributed by atoms with E-state index in [2.05, 4.69) is 5.32 Å². The zero-order chi connectivity index (χ0) is 74.5. The maximum Gasteiger partial charge on any atom is 0.292 e. The molecule has 39 heteroatoms. The van der Waals surface area contributed by atoms with E-state index in [0.29, 0.717) is 5.56 Å². The molecule has 1 aromatic carbocycles. The Balaban J connectivity index is 1.12. The Labute approximate surface area is 596 Å². The third kappa shape index (κ3) is 17.6. The number of hydrogen-bond donors (Lipinski definition) is 7. The van der Waals surface area contributed by atoms with Gasteiger partial charge in [0, 0.05) is 113 Å². The Hall–Kier alpha value is -2.98. The van der Waals surface area contributed by atoms with Gasteiger partial charge in [0.15, 0.2) is 44.0 Å². The number of methoxy groups -OCH3 is 14. The number of benzene rings is 1. The van der Waals surface area contributed by atoms with E-state index in [1.807, 2.05) is 0 Å². The molecule has 103 heavy (non-hydrogen) atoms. The van der Waals surface area contributed by atoms with Crippen LogP contribution in [0.2, 0.25) is 0 Å². The number of aliphatic hydroxyl groups is 6. The van der Waals surface area contributed by atoms with Gasteiger partial charge in [-0.1, -0.05) is 6.07 Å². The van der Waals surface area contributed by atoms with E-state index in [1.54, 1.807) is 13.1 Å². The number of ether oxygens (including phenoxy) is 29. The molecule has 21 fully saturated rings. The van der Waals surface area contributed by atoms with Crippen LogP contribution in [-0.2, 0) is 144 Å². The molecule has 0 unspecified atom stereocenters. The number of aliphatic hydroxyl groups excluding tert-OH is 6. The van der Waals surface area contributed by atoms with Gasteiger partial charge >= 0.3 is 0 Å². The lowest BCUT2D eigenvalue weighted by Gasteiger charge is -2.52. The second kappa shape index (κ2) is 39.6. The van der Waals surface area contributed by atoms with Crippen LogP contribution in [0.1, 0.15) is 5.56 Å². The SMILES string of the molecule is CNc1ccc(COC[C@H]2O[C@@H]3O[C@H]4[C@H](OC)[C@@H](OC)[C@@H](O[C@H]5[C@H](OC)[C@@H](OC)[C@@H](O[C@H]6[C@H](OC)[C@@H](OC)[C@@H](O[C@H]7[C@H](OC)[C@@H](OC)[C@@H](O[C@H]8[C@@H](OC)[C@H](OC)[C@@H](O[C@H]9[C@@H](OC)[C@H](OC)[C@@H](O[C@H]2[C@H](OC)[C@H]3OC)O[C@@H]9CO)O[C@@H]8CO)O[C@@H]7CO)O[C@@H]6CO)O[C@@H]5CO)O[C@@H]4CO)cc1[N+](=O)[O-]. The van der Waals surface area contributed by atoms with E-state index in [4.69, 9.17) is 137 Å². The van der Waals surface area contributed by atoms with E-state index in [1.165, 1.54) is 112 Å². The number of rotatable bonds is 26. The molecule has 0 spiro atoms. The van der Waals surface area contributed by atoms with Gasteiger partial charge in [-0.25, -0.2) is 0 Å². The van der Waals surface area contributed by atoms with Crippen molar-refractivity contribution in [2.75, 3.05) is 158 Å². The van der Waals surface area contributed by atoms with Crippen LogP contribution in [-0.4, -0.2) is 403 Å². The average Bonchev–Trinajstić information content (AvgIpc) is 0.778. The van der Waals surface area contributed by atoms with Crippen molar-refractivity contribution in [1.82, 2.24) is 0 Å². The van der Waals surface area contributed by atoms with Gasteiger partial charge in [-0.15, -0.1) is 0 Å². The first-order valence-electron chi connectivity index (χ1n) is 33.7. The van der Waals surface area contributed by atoms with Crippen molar-refractivity contribution in [2.45, 2.75) is 222 Å². The summed E-state index contributed by atoms with van der Waals surface area (Å²) >= 11 is 0. The van der Waals surface area contributed by atoms with Gasteiger partial charge < -0.3 is 173 Å². The summed E-state index contributed by atoms with van der Waals surface area (Å²) < 4.78 is 186. The molecule has 0 radical (unpaired) electrons. The minimum absolute atomic E-state index is 0.191. The smallest absolute Gasteiger partial charge is 0.292 e. The van der Waals surface area contributed by atoms with Gasteiger partial charge in [-0.2, -0.15) is 0 Å². The lowest BCUT2D eigenvalue weighted by molar-refractivity contribution is -0.402. The standard InChI is InChI=1S/C64H106N2O37/c1-65-28-17-16-27(18-29(28)66(73)74)25-89-26-36-43-50(81-8)57(88-15)64(96-36)102-42-35(24-72)94-62(55(86-13)49(42)80-7)100-40-33(22-70)92-60(53(84-11)47(40)78-5)98-38-31(20-68)90-58(51(82-9)45(38)76-3)97-37-30(19-67)91-59(52(83-10)44(37)75-2)99-39-32(21-69)93-61(54(85-12)46(39)77-4)101-41-34(23-71)95-63(103-43)56(87-14)48(41)79-6/h16-18,30-65,67-72H,19-26H2,1-15H3/t30-,31-,32-,33-,34-,35-,36-,37-,38-,39-,40-,41-,42-,43-,44+,45+,46-,47+,48-,49+,50+,51-,52-,53-,54+,55-,56+,57-,58-,59-,60-,61-,62-,63-,64-/m1/s1. The van der Waals surface area contributed by atoms with Gasteiger partial charge in [-0.05, 0) is 11.6 Å². The molecular weight excluding hydrogens is 1390 g/mol. The van der Waals surface area contributed by atoms with Crippen LogP contribution in [0.5, 0.6) is 0 Å². The van der Waals surface area contributed by atoms with Crippen LogP contribution in [0.15, 0.2) is 18.2 Å². The zero-order valence-corrected chi connectivity index (χ0v) is 60.4. The number of nitrogens with one attached hydrogen (secondary N) is 1.